The third kappa shape index (κ3) is 2.06. The second-order valence-corrected chi connectivity index (χ2v) is 9.13. The summed E-state index contributed by atoms with van der Waals surface area (Å²) in [5.74, 6) is -0.0421. The standard InChI is InChI=1S/C22H28N2O4/c1-12(2)6-9-24-10-8-21-17-13-3-4-14(20(23)26)18(17)28-19(21)15(25)5-7-22(21,27)16(24)11-13/h3-4,6,15-16,19,25,27H,5,7-11H2,1-2H3,(H2,23,26). The van der Waals surface area contributed by atoms with Gasteiger partial charge in [0.15, 0.2) is 0 Å². The number of aliphatic hydroxyl groups is 2. The first-order chi connectivity index (χ1) is 13.3. The molecule has 1 aromatic rings. The molecule has 2 aliphatic heterocycles. The van der Waals surface area contributed by atoms with E-state index < -0.39 is 29.1 Å². The van der Waals surface area contributed by atoms with Crippen molar-refractivity contribution in [2.24, 2.45) is 5.73 Å². The summed E-state index contributed by atoms with van der Waals surface area (Å²) in [7, 11) is 0. The second kappa shape index (κ2) is 5.81. The molecule has 2 heterocycles. The molecule has 4 N–H and O–H groups in total. The Morgan fingerprint density at radius 2 is 2.18 bits per heavy atom. The van der Waals surface area contributed by atoms with Crippen LogP contribution in [0.2, 0.25) is 0 Å². The fraction of sp³-hybridized carbons (Fsp3) is 0.591. The van der Waals surface area contributed by atoms with Gasteiger partial charge in [0.05, 0.1) is 22.7 Å². The summed E-state index contributed by atoms with van der Waals surface area (Å²) in [6.45, 7) is 5.81. The number of hydrogen-bond donors (Lipinski definition) is 3. The first-order valence-electron chi connectivity index (χ1n) is 10.2. The number of ether oxygens (including phenoxy) is 1. The summed E-state index contributed by atoms with van der Waals surface area (Å²) in [6, 6.07) is 3.66. The second-order valence-electron chi connectivity index (χ2n) is 9.13. The van der Waals surface area contributed by atoms with Crippen LogP contribution in [0.4, 0.5) is 0 Å². The molecule has 2 aliphatic carbocycles. The van der Waals surface area contributed by atoms with Crippen LogP contribution in [0.25, 0.3) is 0 Å². The van der Waals surface area contributed by atoms with Gasteiger partial charge < -0.3 is 20.7 Å². The molecule has 2 fully saturated rings. The number of hydrogen-bond acceptors (Lipinski definition) is 5. The summed E-state index contributed by atoms with van der Waals surface area (Å²) >= 11 is 0. The Morgan fingerprint density at radius 1 is 1.39 bits per heavy atom. The van der Waals surface area contributed by atoms with E-state index in [-0.39, 0.29) is 6.04 Å². The molecule has 0 aromatic heterocycles. The number of piperidine rings is 1. The molecular formula is C22H28N2O4. The first kappa shape index (κ1) is 18.2. The predicted octanol–water partition coefficient (Wildman–Crippen LogP) is 1.27. The Hall–Kier alpha value is -1.89. The lowest BCUT2D eigenvalue weighted by Crippen LogP contribution is -2.77. The lowest BCUT2D eigenvalue weighted by atomic mass is 9.48. The summed E-state index contributed by atoms with van der Waals surface area (Å²) in [4.78, 5) is 14.4. The number of rotatable bonds is 3. The van der Waals surface area contributed by atoms with Gasteiger partial charge in [-0.15, -0.1) is 0 Å². The molecule has 150 valence electrons. The van der Waals surface area contributed by atoms with Crippen molar-refractivity contribution in [1.82, 2.24) is 4.90 Å². The van der Waals surface area contributed by atoms with Gasteiger partial charge in [-0.05, 0) is 57.7 Å². The SMILES string of the molecule is CC(C)=CCN1CCC23c4c5ccc(C(N)=O)c4OC2C(O)CCC3(O)C1C5. The van der Waals surface area contributed by atoms with Gasteiger partial charge in [-0.2, -0.15) is 0 Å². The van der Waals surface area contributed by atoms with Crippen LogP contribution in [-0.2, 0) is 11.8 Å². The molecule has 6 heteroatoms. The Morgan fingerprint density at radius 3 is 2.89 bits per heavy atom. The van der Waals surface area contributed by atoms with Crippen LogP contribution in [0.15, 0.2) is 23.8 Å². The monoisotopic (exact) mass is 384 g/mol. The number of likely N-dealkylation sites (tertiary alicyclic amines) is 1. The highest BCUT2D eigenvalue weighted by atomic mass is 16.5. The lowest BCUT2D eigenvalue weighted by molar-refractivity contribution is -0.206. The van der Waals surface area contributed by atoms with E-state index in [0.29, 0.717) is 37.0 Å². The molecule has 0 radical (unpaired) electrons. The van der Waals surface area contributed by atoms with Crippen molar-refractivity contribution in [2.75, 3.05) is 13.1 Å². The van der Waals surface area contributed by atoms with Gasteiger partial charge in [0, 0.05) is 18.2 Å². The lowest BCUT2D eigenvalue weighted by Gasteiger charge is -2.63. The van der Waals surface area contributed by atoms with Gasteiger partial charge in [0.2, 0.25) is 0 Å². The zero-order valence-electron chi connectivity index (χ0n) is 16.4. The number of allylic oxidation sites excluding steroid dienone is 1. The molecule has 5 unspecified atom stereocenters. The van der Waals surface area contributed by atoms with Crippen LogP contribution < -0.4 is 10.5 Å². The zero-order chi connectivity index (χ0) is 19.8. The van der Waals surface area contributed by atoms with Gasteiger partial charge in [0.25, 0.3) is 5.91 Å². The highest BCUT2D eigenvalue weighted by Crippen LogP contribution is 2.64. The predicted molar refractivity (Wildman–Crippen MR) is 104 cm³/mol. The largest absolute Gasteiger partial charge is 0.486 e. The molecule has 2 bridgehead atoms. The molecule has 5 atom stereocenters. The van der Waals surface area contributed by atoms with Crippen LogP contribution >= 0.6 is 0 Å². The van der Waals surface area contributed by atoms with Crippen LogP contribution in [-0.4, -0.2) is 58.0 Å². The van der Waals surface area contributed by atoms with E-state index in [1.807, 2.05) is 6.07 Å². The van der Waals surface area contributed by atoms with E-state index in [2.05, 4.69) is 24.8 Å². The van der Waals surface area contributed by atoms with E-state index in [4.69, 9.17) is 10.5 Å². The Labute approximate surface area is 165 Å². The van der Waals surface area contributed by atoms with Crippen molar-refractivity contribution in [3.63, 3.8) is 0 Å². The van der Waals surface area contributed by atoms with Gasteiger partial charge in [-0.3, -0.25) is 9.69 Å². The maximum Gasteiger partial charge on any atom is 0.252 e. The summed E-state index contributed by atoms with van der Waals surface area (Å²) in [5.41, 5.74) is 7.58. The van der Waals surface area contributed by atoms with E-state index in [1.165, 1.54) is 5.57 Å². The number of carbonyl (C=O) groups is 1. The Balaban J connectivity index is 1.71. The third-order valence-corrected chi connectivity index (χ3v) is 7.56. The van der Waals surface area contributed by atoms with Crippen LogP contribution in [0.3, 0.4) is 0 Å². The minimum atomic E-state index is -0.987. The number of amides is 1. The smallest absolute Gasteiger partial charge is 0.252 e. The maximum atomic E-state index is 12.1. The summed E-state index contributed by atoms with van der Waals surface area (Å²) < 4.78 is 6.24. The molecular weight excluding hydrogens is 356 g/mol. The van der Waals surface area contributed by atoms with Crippen molar-refractivity contribution in [3.05, 3.63) is 40.5 Å². The van der Waals surface area contributed by atoms with E-state index >= 15 is 0 Å². The van der Waals surface area contributed by atoms with Crippen LogP contribution in [0.1, 0.15) is 54.6 Å². The van der Waals surface area contributed by atoms with Gasteiger partial charge in [-0.25, -0.2) is 0 Å². The number of nitrogens with two attached hydrogens (primary N) is 1. The molecule has 1 saturated heterocycles. The topological polar surface area (TPSA) is 96.0 Å². The van der Waals surface area contributed by atoms with Crippen molar-refractivity contribution in [2.45, 2.75) is 68.8 Å². The van der Waals surface area contributed by atoms with Crippen molar-refractivity contribution in [3.8, 4) is 5.75 Å². The number of aliphatic hydroxyl groups excluding tert-OH is 1. The minimum Gasteiger partial charge on any atom is -0.486 e. The molecule has 1 amide bonds. The van der Waals surface area contributed by atoms with Gasteiger partial charge >= 0.3 is 0 Å². The normalized spacial score (nSPS) is 37.8. The highest BCUT2D eigenvalue weighted by Gasteiger charge is 2.72. The molecule has 28 heavy (non-hydrogen) atoms. The van der Waals surface area contributed by atoms with Gasteiger partial charge in [-0.1, -0.05) is 17.7 Å². The van der Waals surface area contributed by atoms with Crippen molar-refractivity contribution in [1.29, 1.82) is 0 Å². The molecule has 1 spiro atoms. The first-order valence-corrected chi connectivity index (χ1v) is 10.2. The molecule has 1 aromatic carbocycles. The van der Waals surface area contributed by atoms with Crippen molar-refractivity contribution >= 4 is 5.91 Å². The number of primary amides is 1. The molecule has 5 rings (SSSR count). The fourth-order valence-electron chi connectivity index (χ4n) is 6.33. The molecule has 1 saturated carbocycles. The van der Waals surface area contributed by atoms with Crippen LogP contribution in [0.5, 0.6) is 5.75 Å². The molecule has 6 nitrogen and oxygen atoms in total. The maximum absolute atomic E-state index is 12.1. The minimum absolute atomic E-state index is 0.0340. The Kier molecular flexibility index (Phi) is 3.77. The summed E-state index contributed by atoms with van der Waals surface area (Å²) in [6.07, 6.45) is 3.44. The van der Waals surface area contributed by atoms with Crippen LogP contribution in [0, 0.1) is 0 Å². The summed E-state index contributed by atoms with van der Waals surface area (Å²) in [5, 5.41) is 22.9. The average molecular weight is 384 g/mol. The molecule has 4 aliphatic rings. The third-order valence-electron chi connectivity index (χ3n) is 7.56. The number of carbonyl (C=O) groups excluding carboxylic acids is 1. The van der Waals surface area contributed by atoms with E-state index in [1.54, 1.807) is 6.07 Å². The fourth-order valence-corrected chi connectivity index (χ4v) is 6.33. The van der Waals surface area contributed by atoms with E-state index in [9.17, 15) is 15.0 Å². The quantitative estimate of drug-likeness (QED) is 0.682. The number of nitrogens with zero attached hydrogens (tertiary/aromatic N) is 1. The average Bonchev–Trinajstić information content (AvgIpc) is 2.98. The van der Waals surface area contributed by atoms with Crippen molar-refractivity contribution < 1.29 is 19.7 Å². The zero-order valence-corrected chi connectivity index (χ0v) is 16.4. The van der Waals surface area contributed by atoms with Gasteiger partial charge in [0.1, 0.15) is 11.9 Å². The Bertz CT molecular complexity index is 893. The number of benzene rings is 1. The van der Waals surface area contributed by atoms with E-state index in [0.717, 1.165) is 24.2 Å². The highest BCUT2D eigenvalue weighted by molar-refractivity contribution is 5.97.